The van der Waals surface area contributed by atoms with Crippen molar-refractivity contribution in [2.75, 3.05) is 26.0 Å². The number of benzene rings is 1. The number of carboxylic acids is 1. The summed E-state index contributed by atoms with van der Waals surface area (Å²) in [4.78, 5) is 23.3. The number of methoxy groups -OCH3 is 1. The molecule has 0 saturated heterocycles. The lowest BCUT2D eigenvalue weighted by molar-refractivity contribution is -0.137. The van der Waals surface area contributed by atoms with Gasteiger partial charge in [0.15, 0.2) is 11.6 Å². The van der Waals surface area contributed by atoms with Crippen molar-refractivity contribution in [1.29, 1.82) is 0 Å². The monoisotopic (exact) mass is 270 g/mol. The highest BCUT2D eigenvalue weighted by Gasteiger charge is 2.11. The Morgan fingerprint density at radius 1 is 1.47 bits per heavy atom. The number of carboxylic acid groups (broad SMARTS) is 1. The molecule has 1 rings (SSSR count). The highest BCUT2D eigenvalue weighted by atomic mass is 19.1. The first-order valence-corrected chi connectivity index (χ1v) is 5.51. The van der Waals surface area contributed by atoms with Gasteiger partial charge in [-0.2, -0.15) is 0 Å². The molecule has 0 aromatic heterocycles. The van der Waals surface area contributed by atoms with Gasteiger partial charge in [-0.3, -0.25) is 4.79 Å². The standard InChI is InChI=1S/C12H15FN2O4/c1-15(6-5-11(16)17)12(18)14-8-3-4-9(13)10(7-8)19-2/h3-4,7H,5-6H2,1-2H3,(H,14,18)(H,16,17). The van der Waals surface area contributed by atoms with Gasteiger partial charge in [-0.25, -0.2) is 9.18 Å². The summed E-state index contributed by atoms with van der Waals surface area (Å²) in [6.07, 6.45) is -0.142. The molecule has 0 fully saturated rings. The fourth-order valence-corrected chi connectivity index (χ4v) is 1.32. The molecule has 0 heterocycles. The van der Waals surface area contributed by atoms with Crippen LogP contribution in [0.15, 0.2) is 18.2 Å². The van der Waals surface area contributed by atoms with Gasteiger partial charge in [0.2, 0.25) is 0 Å². The number of halogens is 1. The van der Waals surface area contributed by atoms with Crippen LogP contribution in [0.2, 0.25) is 0 Å². The maximum atomic E-state index is 13.2. The number of carbonyl (C=O) groups is 2. The second kappa shape index (κ2) is 6.58. The van der Waals surface area contributed by atoms with E-state index in [0.29, 0.717) is 5.69 Å². The minimum absolute atomic E-state index is 0.0194. The highest BCUT2D eigenvalue weighted by molar-refractivity contribution is 5.89. The molecule has 2 amide bonds. The van der Waals surface area contributed by atoms with E-state index in [1.165, 1.54) is 37.3 Å². The fraction of sp³-hybridized carbons (Fsp3) is 0.333. The molecular formula is C12H15FN2O4. The van der Waals surface area contributed by atoms with Gasteiger partial charge < -0.3 is 20.1 Å². The number of nitrogens with zero attached hydrogens (tertiary/aromatic N) is 1. The van der Waals surface area contributed by atoms with Crippen LogP contribution in [-0.4, -0.2) is 42.7 Å². The van der Waals surface area contributed by atoms with Gasteiger partial charge >= 0.3 is 12.0 Å². The van der Waals surface area contributed by atoms with Crippen molar-refractivity contribution >= 4 is 17.7 Å². The second-order valence-corrected chi connectivity index (χ2v) is 3.84. The van der Waals surface area contributed by atoms with E-state index in [9.17, 15) is 14.0 Å². The summed E-state index contributed by atoms with van der Waals surface area (Å²) in [6, 6.07) is 3.43. The van der Waals surface area contributed by atoms with Gasteiger partial charge in [-0.15, -0.1) is 0 Å². The molecule has 19 heavy (non-hydrogen) atoms. The first-order chi connectivity index (χ1) is 8.93. The Kier molecular flexibility index (Phi) is 5.11. The van der Waals surface area contributed by atoms with Crippen LogP contribution in [0.25, 0.3) is 0 Å². The topological polar surface area (TPSA) is 78.9 Å². The molecule has 0 aliphatic carbocycles. The summed E-state index contributed by atoms with van der Waals surface area (Å²) in [5, 5.41) is 11.0. The third kappa shape index (κ3) is 4.46. The summed E-state index contributed by atoms with van der Waals surface area (Å²) in [5.74, 6) is -1.49. The lowest BCUT2D eigenvalue weighted by atomic mass is 10.3. The number of ether oxygens (including phenoxy) is 1. The van der Waals surface area contributed by atoms with Gasteiger partial charge in [0.05, 0.1) is 13.5 Å². The molecule has 0 spiro atoms. The first kappa shape index (κ1) is 14.7. The number of urea groups is 1. The van der Waals surface area contributed by atoms with E-state index in [0.717, 1.165) is 0 Å². The zero-order chi connectivity index (χ0) is 14.4. The number of anilines is 1. The van der Waals surface area contributed by atoms with Crippen LogP contribution in [0, 0.1) is 5.82 Å². The fourth-order valence-electron chi connectivity index (χ4n) is 1.32. The third-order valence-corrected chi connectivity index (χ3v) is 2.41. The van der Waals surface area contributed by atoms with E-state index in [1.54, 1.807) is 0 Å². The Bertz CT molecular complexity index is 479. The summed E-state index contributed by atoms with van der Waals surface area (Å²) in [6.45, 7) is 0.0828. The summed E-state index contributed by atoms with van der Waals surface area (Å²) < 4.78 is 18.0. The summed E-state index contributed by atoms with van der Waals surface area (Å²) in [5.41, 5.74) is 0.366. The zero-order valence-electron chi connectivity index (χ0n) is 10.6. The van der Waals surface area contributed by atoms with Gasteiger partial charge in [0, 0.05) is 25.3 Å². The molecule has 0 unspecified atom stereocenters. The summed E-state index contributed by atoms with van der Waals surface area (Å²) >= 11 is 0. The molecule has 0 aliphatic heterocycles. The van der Waals surface area contributed by atoms with Crippen molar-refractivity contribution in [2.45, 2.75) is 6.42 Å². The van der Waals surface area contributed by atoms with E-state index in [4.69, 9.17) is 9.84 Å². The first-order valence-electron chi connectivity index (χ1n) is 5.51. The Balaban J connectivity index is 2.63. The molecule has 7 heteroatoms. The maximum absolute atomic E-state index is 13.2. The van der Waals surface area contributed by atoms with Gasteiger partial charge in [0.1, 0.15) is 0 Å². The maximum Gasteiger partial charge on any atom is 0.321 e. The van der Waals surface area contributed by atoms with Crippen molar-refractivity contribution in [3.63, 3.8) is 0 Å². The zero-order valence-corrected chi connectivity index (χ0v) is 10.6. The van der Waals surface area contributed by atoms with Gasteiger partial charge in [-0.1, -0.05) is 0 Å². The Morgan fingerprint density at radius 2 is 2.16 bits per heavy atom. The summed E-state index contributed by atoms with van der Waals surface area (Å²) in [7, 11) is 2.79. The van der Waals surface area contributed by atoms with Crippen LogP contribution < -0.4 is 10.1 Å². The van der Waals surface area contributed by atoms with E-state index < -0.39 is 17.8 Å². The SMILES string of the molecule is COc1cc(NC(=O)N(C)CCC(=O)O)ccc1F. The number of hydrogen-bond donors (Lipinski definition) is 2. The molecule has 6 nitrogen and oxygen atoms in total. The molecule has 2 N–H and O–H groups in total. The average Bonchev–Trinajstić information content (AvgIpc) is 2.37. The number of nitrogens with one attached hydrogen (secondary N) is 1. The Hall–Kier alpha value is -2.31. The van der Waals surface area contributed by atoms with Crippen molar-refractivity contribution < 1.29 is 23.8 Å². The largest absolute Gasteiger partial charge is 0.494 e. The molecule has 0 radical (unpaired) electrons. The number of amides is 2. The predicted octanol–water partition coefficient (Wildman–Crippen LogP) is 1.77. The Labute approximate surface area is 109 Å². The third-order valence-electron chi connectivity index (χ3n) is 2.41. The molecular weight excluding hydrogens is 255 g/mol. The van der Waals surface area contributed by atoms with E-state index in [1.807, 2.05) is 0 Å². The normalized spacial score (nSPS) is 9.84. The van der Waals surface area contributed by atoms with Crippen LogP contribution >= 0.6 is 0 Å². The van der Waals surface area contributed by atoms with E-state index in [-0.39, 0.29) is 18.7 Å². The molecule has 0 saturated carbocycles. The Morgan fingerprint density at radius 3 is 2.74 bits per heavy atom. The smallest absolute Gasteiger partial charge is 0.321 e. The van der Waals surface area contributed by atoms with Gasteiger partial charge in [-0.05, 0) is 12.1 Å². The second-order valence-electron chi connectivity index (χ2n) is 3.84. The van der Waals surface area contributed by atoms with Crippen LogP contribution in [0.1, 0.15) is 6.42 Å². The number of carbonyl (C=O) groups excluding carboxylic acids is 1. The van der Waals surface area contributed by atoms with Crippen molar-refractivity contribution in [1.82, 2.24) is 4.90 Å². The van der Waals surface area contributed by atoms with E-state index >= 15 is 0 Å². The van der Waals surface area contributed by atoms with Crippen LogP contribution in [0.4, 0.5) is 14.9 Å². The molecule has 104 valence electrons. The molecule has 0 aliphatic rings. The quantitative estimate of drug-likeness (QED) is 0.854. The van der Waals surface area contributed by atoms with Crippen LogP contribution in [-0.2, 0) is 4.79 Å². The molecule has 1 aromatic carbocycles. The molecule has 0 atom stereocenters. The highest BCUT2D eigenvalue weighted by Crippen LogP contribution is 2.21. The minimum Gasteiger partial charge on any atom is -0.494 e. The van der Waals surface area contributed by atoms with Crippen molar-refractivity contribution in [3.05, 3.63) is 24.0 Å². The number of hydrogen-bond acceptors (Lipinski definition) is 3. The lowest BCUT2D eigenvalue weighted by Gasteiger charge is -2.17. The van der Waals surface area contributed by atoms with Crippen molar-refractivity contribution in [3.8, 4) is 5.75 Å². The molecule has 0 bridgehead atoms. The van der Waals surface area contributed by atoms with Crippen LogP contribution in [0.5, 0.6) is 5.75 Å². The van der Waals surface area contributed by atoms with Crippen molar-refractivity contribution in [2.24, 2.45) is 0 Å². The van der Waals surface area contributed by atoms with Gasteiger partial charge in [0.25, 0.3) is 0 Å². The minimum atomic E-state index is -0.983. The molecule has 1 aromatic rings. The predicted molar refractivity (Wildman–Crippen MR) is 66.9 cm³/mol. The number of aliphatic carboxylic acids is 1. The van der Waals surface area contributed by atoms with Crippen LogP contribution in [0.3, 0.4) is 0 Å². The number of rotatable bonds is 5. The lowest BCUT2D eigenvalue weighted by Crippen LogP contribution is -2.33. The average molecular weight is 270 g/mol. The van der Waals surface area contributed by atoms with E-state index in [2.05, 4.69) is 5.32 Å².